The van der Waals surface area contributed by atoms with Crippen molar-refractivity contribution >= 4 is 5.78 Å². The van der Waals surface area contributed by atoms with Gasteiger partial charge in [0.15, 0.2) is 0 Å². The van der Waals surface area contributed by atoms with E-state index in [4.69, 9.17) is 0 Å². The van der Waals surface area contributed by atoms with Crippen LogP contribution in [0.15, 0.2) is 0 Å². The van der Waals surface area contributed by atoms with Gasteiger partial charge >= 0.3 is 0 Å². The number of piperidine rings is 1. The molecule has 0 radical (unpaired) electrons. The van der Waals surface area contributed by atoms with Crippen LogP contribution in [0, 0.1) is 5.41 Å². The first-order valence-corrected chi connectivity index (χ1v) is 5.84. The Hall–Kier alpha value is -0.370. The maximum Gasteiger partial charge on any atom is 0.135 e. The van der Waals surface area contributed by atoms with Gasteiger partial charge in [-0.25, -0.2) is 0 Å². The van der Waals surface area contributed by atoms with Gasteiger partial charge in [-0.15, -0.1) is 0 Å². The van der Waals surface area contributed by atoms with Crippen LogP contribution in [0.1, 0.15) is 46.5 Å². The summed E-state index contributed by atoms with van der Waals surface area (Å²) in [7, 11) is 0. The van der Waals surface area contributed by atoms with E-state index >= 15 is 0 Å². The van der Waals surface area contributed by atoms with Crippen molar-refractivity contribution in [1.29, 1.82) is 0 Å². The van der Waals surface area contributed by atoms with Crippen LogP contribution in [-0.2, 0) is 4.79 Å². The molecule has 0 amide bonds. The SMILES string of the molecule is CCC1(C)CC1N1CCC(=O)CC1C. The molecule has 3 atom stereocenters. The summed E-state index contributed by atoms with van der Waals surface area (Å²) in [4.78, 5) is 13.8. The molecule has 1 saturated carbocycles. The second-order valence-corrected chi connectivity index (χ2v) is 5.31. The molecule has 2 heteroatoms. The van der Waals surface area contributed by atoms with Crippen molar-refractivity contribution in [3.05, 3.63) is 0 Å². The van der Waals surface area contributed by atoms with Gasteiger partial charge in [0.25, 0.3) is 0 Å². The predicted molar refractivity (Wildman–Crippen MR) is 57.2 cm³/mol. The van der Waals surface area contributed by atoms with Crippen LogP contribution < -0.4 is 0 Å². The number of hydrogen-bond donors (Lipinski definition) is 0. The van der Waals surface area contributed by atoms with Gasteiger partial charge in [-0.05, 0) is 25.2 Å². The van der Waals surface area contributed by atoms with Crippen molar-refractivity contribution in [1.82, 2.24) is 4.90 Å². The zero-order chi connectivity index (χ0) is 10.3. The highest BCUT2D eigenvalue weighted by atomic mass is 16.1. The van der Waals surface area contributed by atoms with E-state index in [2.05, 4.69) is 25.7 Å². The molecular formula is C12H21NO. The van der Waals surface area contributed by atoms with Crippen LogP contribution in [0.2, 0.25) is 0 Å². The Balaban J connectivity index is 1.97. The van der Waals surface area contributed by atoms with E-state index in [1.165, 1.54) is 12.8 Å². The second-order valence-electron chi connectivity index (χ2n) is 5.31. The number of likely N-dealkylation sites (tertiary alicyclic amines) is 1. The van der Waals surface area contributed by atoms with Gasteiger partial charge < -0.3 is 0 Å². The van der Waals surface area contributed by atoms with E-state index in [1.807, 2.05) is 0 Å². The summed E-state index contributed by atoms with van der Waals surface area (Å²) in [6.07, 6.45) is 4.16. The third-order valence-electron chi connectivity index (χ3n) is 4.25. The number of nitrogens with zero attached hydrogens (tertiary/aromatic N) is 1. The zero-order valence-corrected chi connectivity index (χ0v) is 9.55. The molecule has 2 nitrogen and oxygen atoms in total. The van der Waals surface area contributed by atoms with Crippen molar-refractivity contribution in [2.75, 3.05) is 6.54 Å². The summed E-state index contributed by atoms with van der Waals surface area (Å²) in [6.45, 7) is 7.85. The lowest BCUT2D eigenvalue weighted by atomic mass is 9.99. The molecule has 1 aliphatic carbocycles. The second kappa shape index (κ2) is 3.34. The van der Waals surface area contributed by atoms with Gasteiger partial charge in [0, 0.05) is 31.5 Å². The molecule has 0 N–H and O–H groups in total. The number of carbonyl (C=O) groups is 1. The minimum Gasteiger partial charge on any atom is -0.300 e. The Kier molecular flexibility index (Phi) is 2.42. The third-order valence-corrected chi connectivity index (χ3v) is 4.25. The molecule has 3 unspecified atom stereocenters. The fourth-order valence-corrected chi connectivity index (χ4v) is 2.77. The van der Waals surface area contributed by atoms with Crippen LogP contribution in [0.5, 0.6) is 0 Å². The Bertz CT molecular complexity index is 251. The topological polar surface area (TPSA) is 20.3 Å². The monoisotopic (exact) mass is 195 g/mol. The van der Waals surface area contributed by atoms with Gasteiger partial charge in [-0.3, -0.25) is 9.69 Å². The van der Waals surface area contributed by atoms with Gasteiger partial charge in [0.1, 0.15) is 5.78 Å². The van der Waals surface area contributed by atoms with Crippen molar-refractivity contribution < 1.29 is 4.79 Å². The molecule has 0 spiro atoms. The Morgan fingerprint density at radius 2 is 2.29 bits per heavy atom. The van der Waals surface area contributed by atoms with E-state index in [0.29, 0.717) is 17.2 Å². The highest BCUT2D eigenvalue weighted by Gasteiger charge is 2.53. The molecule has 1 saturated heterocycles. The van der Waals surface area contributed by atoms with Gasteiger partial charge in [0.05, 0.1) is 0 Å². The maximum atomic E-state index is 11.3. The Morgan fingerprint density at radius 1 is 1.57 bits per heavy atom. The first-order valence-electron chi connectivity index (χ1n) is 5.84. The highest BCUT2D eigenvalue weighted by Crippen LogP contribution is 2.52. The summed E-state index contributed by atoms with van der Waals surface area (Å²) in [6, 6.07) is 1.24. The van der Waals surface area contributed by atoms with E-state index < -0.39 is 0 Å². The quantitative estimate of drug-likeness (QED) is 0.673. The van der Waals surface area contributed by atoms with Crippen LogP contribution in [0.25, 0.3) is 0 Å². The molecular weight excluding hydrogens is 174 g/mol. The van der Waals surface area contributed by atoms with Crippen LogP contribution in [-0.4, -0.2) is 29.3 Å². The average Bonchev–Trinajstić information content (AvgIpc) is 2.79. The van der Waals surface area contributed by atoms with Gasteiger partial charge in [-0.1, -0.05) is 13.8 Å². The predicted octanol–water partition coefficient (Wildman–Crippen LogP) is 2.23. The summed E-state index contributed by atoms with van der Waals surface area (Å²) < 4.78 is 0. The maximum absolute atomic E-state index is 11.3. The summed E-state index contributed by atoms with van der Waals surface area (Å²) in [5, 5.41) is 0. The molecule has 0 aromatic heterocycles. The largest absolute Gasteiger partial charge is 0.300 e. The molecule has 0 bridgehead atoms. The lowest BCUT2D eigenvalue weighted by Crippen LogP contribution is -2.43. The number of ketones is 1. The highest BCUT2D eigenvalue weighted by molar-refractivity contribution is 5.79. The van der Waals surface area contributed by atoms with E-state index in [0.717, 1.165) is 25.4 Å². The summed E-state index contributed by atoms with van der Waals surface area (Å²) in [5.41, 5.74) is 0.550. The summed E-state index contributed by atoms with van der Waals surface area (Å²) in [5.74, 6) is 0.451. The van der Waals surface area contributed by atoms with Crippen molar-refractivity contribution in [3.8, 4) is 0 Å². The molecule has 14 heavy (non-hydrogen) atoms. The zero-order valence-electron chi connectivity index (χ0n) is 9.55. The number of hydrogen-bond acceptors (Lipinski definition) is 2. The number of Topliss-reactive ketones (excluding diaryl/α,β-unsaturated/α-hetero) is 1. The average molecular weight is 195 g/mol. The van der Waals surface area contributed by atoms with Crippen molar-refractivity contribution in [2.45, 2.75) is 58.5 Å². The fourth-order valence-electron chi connectivity index (χ4n) is 2.77. The fraction of sp³-hybridized carbons (Fsp3) is 0.917. The molecule has 0 aromatic carbocycles. The Morgan fingerprint density at radius 3 is 2.79 bits per heavy atom. The first-order chi connectivity index (χ1) is 6.57. The van der Waals surface area contributed by atoms with Crippen LogP contribution in [0.4, 0.5) is 0 Å². The van der Waals surface area contributed by atoms with E-state index in [-0.39, 0.29) is 0 Å². The van der Waals surface area contributed by atoms with Gasteiger partial charge in [0.2, 0.25) is 0 Å². The van der Waals surface area contributed by atoms with Crippen molar-refractivity contribution in [3.63, 3.8) is 0 Å². The smallest absolute Gasteiger partial charge is 0.135 e. The van der Waals surface area contributed by atoms with Gasteiger partial charge in [-0.2, -0.15) is 0 Å². The summed E-state index contributed by atoms with van der Waals surface area (Å²) >= 11 is 0. The number of rotatable bonds is 2. The third kappa shape index (κ3) is 1.60. The Labute approximate surface area is 86.7 Å². The molecule has 2 rings (SSSR count). The number of carbonyl (C=O) groups excluding carboxylic acids is 1. The molecule has 2 fully saturated rings. The van der Waals surface area contributed by atoms with E-state index in [1.54, 1.807) is 0 Å². The molecule has 1 heterocycles. The molecule has 1 aliphatic heterocycles. The normalized spacial score (nSPS) is 44.1. The lowest BCUT2D eigenvalue weighted by Gasteiger charge is -2.34. The van der Waals surface area contributed by atoms with Crippen LogP contribution in [0.3, 0.4) is 0 Å². The molecule has 80 valence electrons. The lowest BCUT2D eigenvalue weighted by molar-refractivity contribution is -0.123. The first kappa shape index (κ1) is 10.2. The molecule has 0 aromatic rings. The van der Waals surface area contributed by atoms with Crippen molar-refractivity contribution in [2.24, 2.45) is 5.41 Å². The van der Waals surface area contributed by atoms with E-state index in [9.17, 15) is 4.79 Å². The van der Waals surface area contributed by atoms with Crippen LogP contribution >= 0.6 is 0 Å². The minimum atomic E-state index is 0.451. The molecule has 2 aliphatic rings. The standard InChI is InChI=1S/C12H21NO/c1-4-12(3)8-11(12)13-6-5-10(14)7-9(13)2/h9,11H,4-8H2,1-3H3. The minimum absolute atomic E-state index is 0.451.